The summed E-state index contributed by atoms with van der Waals surface area (Å²) in [5, 5.41) is 1.04. The van der Waals surface area contributed by atoms with Gasteiger partial charge in [0, 0.05) is 5.03 Å². The van der Waals surface area contributed by atoms with E-state index in [0.29, 0.717) is 15.8 Å². The molecule has 1 rings (SSSR count). The molecule has 0 bridgehead atoms. The average molecular weight is 217 g/mol. The molecule has 0 aromatic heterocycles. The summed E-state index contributed by atoms with van der Waals surface area (Å²) in [7, 11) is 0. The Kier molecular flexibility index (Phi) is 3.64. The Bertz CT molecular complexity index is 321. The molecule has 0 spiro atoms. The molecule has 0 aliphatic carbocycles. The van der Waals surface area contributed by atoms with Crippen LogP contribution >= 0.6 is 23.2 Å². The van der Waals surface area contributed by atoms with Gasteiger partial charge < -0.3 is 4.74 Å². The highest BCUT2D eigenvalue weighted by Crippen LogP contribution is 2.25. The fourth-order valence-electron chi connectivity index (χ4n) is 0.877. The first kappa shape index (κ1) is 10.4. The Morgan fingerprint density at radius 1 is 1.54 bits per heavy atom. The van der Waals surface area contributed by atoms with Gasteiger partial charge in [-0.1, -0.05) is 35.8 Å². The van der Waals surface area contributed by atoms with Crippen LogP contribution in [0.25, 0.3) is 0 Å². The van der Waals surface area contributed by atoms with E-state index in [-0.39, 0.29) is 6.61 Å². The zero-order valence-electron chi connectivity index (χ0n) is 7.31. The summed E-state index contributed by atoms with van der Waals surface area (Å²) >= 11 is 11.4. The minimum atomic E-state index is 0.282. The summed E-state index contributed by atoms with van der Waals surface area (Å²) in [5.74, 6) is 0.642. The van der Waals surface area contributed by atoms with E-state index in [1.165, 1.54) is 0 Å². The lowest BCUT2D eigenvalue weighted by atomic mass is 10.2. The Balaban J connectivity index is 2.75. The van der Waals surface area contributed by atoms with Gasteiger partial charge in [0.25, 0.3) is 0 Å². The van der Waals surface area contributed by atoms with Crippen LogP contribution in [0.4, 0.5) is 0 Å². The van der Waals surface area contributed by atoms with Crippen LogP contribution in [-0.4, -0.2) is 6.61 Å². The van der Waals surface area contributed by atoms with Gasteiger partial charge in [0.05, 0.1) is 5.02 Å². The van der Waals surface area contributed by atoms with E-state index in [9.17, 15) is 0 Å². The number of hydrogen-bond acceptors (Lipinski definition) is 1. The predicted molar refractivity (Wildman–Crippen MR) is 56.7 cm³/mol. The lowest BCUT2D eigenvalue weighted by Gasteiger charge is -2.07. The van der Waals surface area contributed by atoms with E-state index in [4.69, 9.17) is 27.9 Å². The largest absolute Gasteiger partial charge is 0.486 e. The summed E-state index contributed by atoms with van der Waals surface area (Å²) in [6.07, 6.45) is 0. The minimum Gasteiger partial charge on any atom is -0.486 e. The zero-order chi connectivity index (χ0) is 9.84. The smallest absolute Gasteiger partial charge is 0.138 e. The maximum atomic E-state index is 5.88. The van der Waals surface area contributed by atoms with E-state index >= 15 is 0 Å². The summed E-state index contributed by atoms with van der Waals surface area (Å²) in [6, 6.07) is 5.58. The van der Waals surface area contributed by atoms with E-state index in [2.05, 4.69) is 6.58 Å². The van der Waals surface area contributed by atoms with Crippen molar-refractivity contribution in [1.82, 2.24) is 0 Å². The fraction of sp³-hybridized carbons (Fsp3) is 0.200. The molecular weight excluding hydrogens is 207 g/mol. The van der Waals surface area contributed by atoms with Crippen molar-refractivity contribution >= 4 is 23.2 Å². The number of ether oxygens (including phenoxy) is 1. The van der Waals surface area contributed by atoms with Gasteiger partial charge in [-0.3, -0.25) is 0 Å². The van der Waals surface area contributed by atoms with Crippen molar-refractivity contribution in [3.05, 3.63) is 40.4 Å². The molecule has 0 N–H and O–H groups in total. The third-order valence-corrected chi connectivity index (χ3v) is 1.89. The molecule has 70 valence electrons. The van der Waals surface area contributed by atoms with Crippen molar-refractivity contribution in [3.63, 3.8) is 0 Å². The first-order chi connectivity index (χ1) is 6.09. The van der Waals surface area contributed by atoms with Gasteiger partial charge in [-0.25, -0.2) is 0 Å². The van der Waals surface area contributed by atoms with Gasteiger partial charge in [0.15, 0.2) is 0 Å². The molecule has 0 saturated heterocycles. The molecule has 0 unspecified atom stereocenters. The Morgan fingerprint density at radius 2 is 2.23 bits per heavy atom. The molecule has 0 fully saturated rings. The third-order valence-electron chi connectivity index (χ3n) is 1.47. The summed E-state index contributed by atoms with van der Waals surface area (Å²) < 4.78 is 5.32. The molecule has 1 aromatic carbocycles. The van der Waals surface area contributed by atoms with Crippen molar-refractivity contribution in [2.45, 2.75) is 6.92 Å². The molecule has 0 heterocycles. The van der Waals surface area contributed by atoms with Crippen molar-refractivity contribution < 1.29 is 4.74 Å². The van der Waals surface area contributed by atoms with Crippen LogP contribution < -0.4 is 4.74 Å². The molecule has 1 nitrogen and oxygen atoms in total. The third kappa shape index (κ3) is 3.29. The molecule has 0 aliphatic rings. The van der Waals surface area contributed by atoms with Crippen LogP contribution in [0.3, 0.4) is 0 Å². The SMILES string of the molecule is C=C(Cl)COc1cc(C)ccc1Cl. The molecule has 0 saturated carbocycles. The number of rotatable bonds is 3. The van der Waals surface area contributed by atoms with Gasteiger partial charge in [-0.2, -0.15) is 0 Å². The van der Waals surface area contributed by atoms with Crippen LogP contribution in [0.15, 0.2) is 29.8 Å². The lowest BCUT2D eigenvalue weighted by Crippen LogP contribution is -1.96. The fourth-order valence-corrected chi connectivity index (χ4v) is 1.10. The second-order valence-electron chi connectivity index (χ2n) is 2.74. The zero-order valence-corrected chi connectivity index (χ0v) is 8.82. The number of hydrogen-bond donors (Lipinski definition) is 0. The maximum absolute atomic E-state index is 5.88. The summed E-state index contributed by atoms with van der Waals surface area (Å²) in [5.41, 5.74) is 1.10. The van der Waals surface area contributed by atoms with E-state index in [1.807, 2.05) is 19.1 Å². The summed E-state index contributed by atoms with van der Waals surface area (Å²) in [6.45, 7) is 5.77. The van der Waals surface area contributed by atoms with E-state index in [1.54, 1.807) is 6.07 Å². The standard InChI is InChI=1S/C10H10Cl2O/c1-7-3-4-9(12)10(5-7)13-6-8(2)11/h3-5H,2,6H2,1H3. The topological polar surface area (TPSA) is 9.23 Å². The minimum absolute atomic E-state index is 0.282. The normalized spacial score (nSPS) is 9.77. The molecule has 13 heavy (non-hydrogen) atoms. The Morgan fingerprint density at radius 3 is 2.85 bits per heavy atom. The molecule has 0 radical (unpaired) electrons. The van der Waals surface area contributed by atoms with Gasteiger partial charge in [-0.15, -0.1) is 0 Å². The highest BCUT2D eigenvalue weighted by Gasteiger charge is 2.01. The second-order valence-corrected chi connectivity index (χ2v) is 3.68. The first-order valence-corrected chi connectivity index (χ1v) is 4.57. The molecular formula is C10H10Cl2O. The molecule has 1 aromatic rings. The quantitative estimate of drug-likeness (QED) is 0.748. The van der Waals surface area contributed by atoms with E-state index < -0.39 is 0 Å². The van der Waals surface area contributed by atoms with Crippen molar-refractivity contribution in [3.8, 4) is 5.75 Å². The molecule has 0 atom stereocenters. The molecule has 3 heteroatoms. The van der Waals surface area contributed by atoms with Crippen LogP contribution in [0.2, 0.25) is 5.02 Å². The number of aryl methyl sites for hydroxylation is 1. The van der Waals surface area contributed by atoms with Crippen LogP contribution in [0.1, 0.15) is 5.56 Å². The maximum Gasteiger partial charge on any atom is 0.138 e. The first-order valence-electron chi connectivity index (χ1n) is 3.82. The van der Waals surface area contributed by atoms with E-state index in [0.717, 1.165) is 5.56 Å². The van der Waals surface area contributed by atoms with Crippen molar-refractivity contribution in [2.75, 3.05) is 6.61 Å². The monoisotopic (exact) mass is 216 g/mol. The highest BCUT2D eigenvalue weighted by molar-refractivity contribution is 6.32. The second kappa shape index (κ2) is 4.54. The number of benzene rings is 1. The predicted octanol–water partition coefficient (Wildman–Crippen LogP) is 3.78. The van der Waals surface area contributed by atoms with Crippen LogP contribution in [0, 0.1) is 6.92 Å². The average Bonchev–Trinajstić information content (AvgIpc) is 2.06. The highest BCUT2D eigenvalue weighted by atomic mass is 35.5. The van der Waals surface area contributed by atoms with Crippen LogP contribution in [-0.2, 0) is 0 Å². The van der Waals surface area contributed by atoms with Crippen molar-refractivity contribution in [1.29, 1.82) is 0 Å². The van der Waals surface area contributed by atoms with Gasteiger partial charge in [-0.05, 0) is 24.6 Å². The molecule has 0 amide bonds. The van der Waals surface area contributed by atoms with Gasteiger partial charge >= 0.3 is 0 Å². The Hall–Kier alpha value is -0.660. The lowest BCUT2D eigenvalue weighted by molar-refractivity contribution is 0.359. The molecule has 0 aliphatic heterocycles. The van der Waals surface area contributed by atoms with Crippen molar-refractivity contribution in [2.24, 2.45) is 0 Å². The number of halogens is 2. The summed E-state index contributed by atoms with van der Waals surface area (Å²) in [4.78, 5) is 0. The Labute approximate surface area is 87.9 Å². The van der Waals surface area contributed by atoms with Crippen LogP contribution in [0.5, 0.6) is 5.75 Å². The van der Waals surface area contributed by atoms with Gasteiger partial charge in [0.1, 0.15) is 12.4 Å². The van der Waals surface area contributed by atoms with Gasteiger partial charge in [0.2, 0.25) is 0 Å².